The SMILES string of the molecule is CC(C)c1ccc2[nH]c(O)c(N=NC(=O)c3ccc[nH]3)c2c1. The van der Waals surface area contributed by atoms with Gasteiger partial charge in [-0.2, -0.15) is 0 Å². The molecule has 1 amide bonds. The van der Waals surface area contributed by atoms with E-state index in [2.05, 4.69) is 34.0 Å². The zero-order chi connectivity index (χ0) is 15.7. The molecule has 1 aromatic carbocycles. The van der Waals surface area contributed by atoms with Gasteiger partial charge in [-0.25, -0.2) is 0 Å². The molecule has 6 nitrogen and oxygen atoms in total. The molecule has 3 N–H and O–H groups in total. The number of amides is 1. The molecule has 0 bridgehead atoms. The van der Waals surface area contributed by atoms with E-state index in [0.29, 0.717) is 11.6 Å². The highest BCUT2D eigenvalue weighted by Crippen LogP contribution is 2.37. The van der Waals surface area contributed by atoms with E-state index in [1.807, 2.05) is 18.2 Å². The number of hydrogen-bond donors (Lipinski definition) is 3. The van der Waals surface area contributed by atoms with E-state index in [9.17, 15) is 9.90 Å². The van der Waals surface area contributed by atoms with Gasteiger partial charge in [-0.3, -0.25) is 4.79 Å². The number of benzene rings is 1. The van der Waals surface area contributed by atoms with Crippen molar-refractivity contribution in [3.63, 3.8) is 0 Å². The summed E-state index contributed by atoms with van der Waals surface area (Å²) in [4.78, 5) is 17.4. The number of carbonyl (C=O) groups excluding carboxylic acids is 1. The number of H-pyrrole nitrogens is 2. The first-order valence-electron chi connectivity index (χ1n) is 7.00. The van der Waals surface area contributed by atoms with Gasteiger partial charge < -0.3 is 15.1 Å². The van der Waals surface area contributed by atoms with E-state index in [0.717, 1.165) is 16.5 Å². The van der Waals surface area contributed by atoms with Crippen LogP contribution in [0.25, 0.3) is 10.9 Å². The molecule has 112 valence electrons. The van der Waals surface area contributed by atoms with Crippen molar-refractivity contribution in [2.75, 3.05) is 0 Å². The third-order valence-corrected chi connectivity index (χ3v) is 3.51. The molecule has 0 aliphatic heterocycles. The third kappa shape index (κ3) is 2.50. The Kier molecular flexibility index (Phi) is 3.50. The van der Waals surface area contributed by atoms with Gasteiger partial charge in [0.1, 0.15) is 5.69 Å². The summed E-state index contributed by atoms with van der Waals surface area (Å²) in [6.45, 7) is 4.17. The van der Waals surface area contributed by atoms with Crippen molar-refractivity contribution in [2.45, 2.75) is 19.8 Å². The summed E-state index contributed by atoms with van der Waals surface area (Å²) < 4.78 is 0. The summed E-state index contributed by atoms with van der Waals surface area (Å²) in [5.41, 5.74) is 2.50. The summed E-state index contributed by atoms with van der Waals surface area (Å²) in [6.07, 6.45) is 1.64. The minimum Gasteiger partial charge on any atom is -0.493 e. The van der Waals surface area contributed by atoms with Crippen molar-refractivity contribution in [3.8, 4) is 5.88 Å². The fourth-order valence-corrected chi connectivity index (χ4v) is 2.25. The zero-order valence-corrected chi connectivity index (χ0v) is 12.3. The molecule has 3 rings (SSSR count). The molecule has 0 atom stereocenters. The van der Waals surface area contributed by atoms with Gasteiger partial charge in [0.2, 0.25) is 5.88 Å². The number of azo groups is 1. The highest BCUT2D eigenvalue weighted by Gasteiger charge is 2.13. The minimum absolute atomic E-state index is 0.0982. The fraction of sp³-hybridized carbons (Fsp3) is 0.188. The third-order valence-electron chi connectivity index (χ3n) is 3.51. The molecule has 0 spiro atoms. The van der Waals surface area contributed by atoms with Crippen LogP contribution in [0.5, 0.6) is 5.88 Å². The van der Waals surface area contributed by atoms with Crippen LogP contribution >= 0.6 is 0 Å². The summed E-state index contributed by atoms with van der Waals surface area (Å²) in [7, 11) is 0. The predicted molar refractivity (Wildman–Crippen MR) is 83.7 cm³/mol. The number of fused-ring (bicyclic) bond motifs is 1. The summed E-state index contributed by atoms with van der Waals surface area (Å²) in [5, 5.41) is 18.3. The smallest absolute Gasteiger partial charge is 0.311 e. The largest absolute Gasteiger partial charge is 0.493 e. The molecule has 22 heavy (non-hydrogen) atoms. The maximum absolute atomic E-state index is 11.8. The van der Waals surface area contributed by atoms with Crippen molar-refractivity contribution in [3.05, 3.63) is 47.8 Å². The van der Waals surface area contributed by atoms with Gasteiger partial charge in [-0.05, 0) is 35.7 Å². The lowest BCUT2D eigenvalue weighted by molar-refractivity contribution is 0.0991. The lowest BCUT2D eigenvalue weighted by Crippen LogP contribution is -1.92. The Hall–Kier alpha value is -2.89. The van der Waals surface area contributed by atoms with Crippen LogP contribution in [0, 0.1) is 0 Å². The number of aromatic hydroxyl groups is 1. The summed E-state index contributed by atoms with van der Waals surface area (Å²) in [6, 6.07) is 9.15. The van der Waals surface area contributed by atoms with Gasteiger partial charge in [0.25, 0.3) is 0 Å². The molecular formula is C16H16N4O2. The van der Waals surface area contributed by atoms with Crippen molar-refractivity contribution in [1.29, 1.82) is 0 Å². The molecule has 0 unspecified atom stereocenters. The molecular weight excluding hydrogens is 280 g/mol. The van der Waals surface area contributed by atoms with Gasteiger partial charge in [-0.15, -0.1) is 10.2 Å². The minimum atomic E-state index is -0.487. The average Bonchev–Trinajstić information content (AvgIpc) is 3.11. The van der Waals surface area contributed by atoms with Crippen LogP contribution in [0.15, 0.2) is 46.8 Å². The Bertz CT molecular complexity index is 845. The molecule has 0 saturated carbocycles. The Balaban J connectivity index is 2.00. The standard InChI is InChI=1S/C16H16N4O2/c1-9(2)10-5-6-12-11(8-10)14(16(22)18-12)19-20-15(21)13-4-3-7-17-13/h3-9,17-18,22H,1-2H3. The topological polar surface area (TPSA) is 93.6 Å². The van der Waals surface area contributed by atoms with Gasteiger partial charge in [0.05, 0.1) is 5.52 Å². The van der Waals surface area contributed by atoms with Crippen LogP contribution in [0.4, 0.5) is 5.69 Å². The fourth-order valence-electron chi connectivity index (χ4n) is 2.25. The Morgan fingerprint density at radius 1 is 1.27 bits per heavy atom. The zero-order valence-electron chi connectivity index (χ0n) is 12.3. The van der Waals surface area contributed by atoms with E-state index in [1.54, 1.807) is 18.3 Å². The second kappa shape index (κ2) is 5.48. The molecule has 2 heterocycles. The number of aromatic amines is 2. The predicted octanol–water partition coefficient (Wildman–Crippen LogP) is 4.25. The lowest BCUT2D eigenvalue weighted by atomic mass is 10.0. The number of nitrogens with zero attached hydrogens (tertiary/aromatic N) is 2. The van der Waals surface area contributed by atoms with Crippen molar-refractivity contribution < 1.29 is 9.90 Å². The van der Waals surface area contributed by atoms with E-state index in [1.165, 1.54) is 0 Å². The van der Waals surface area contributed by atoms with Crippen molar-refractivity contribution >= 4 is 22.5 Å². The molecule has 0 aliphatic rings. The van der Waals surface area contributed by atoms with Crippen LogP contribution < -0.4 is 0 Å². The van der Waals surface area contributed by atoms with Crippen molar-refractivity contribution in [1.82, 2.24) is 9.97 Å². The number of nitrogens with one attached hydrogen (secondary N) is 2. The second-order valence-electron chi connectivity index (χ2n) is 5.37. The number of aromatic nitrogens is 2. The second-order valence-corrected chi connectivity index (χ2v) is 5.37. The van der Waals surface area contributed by atoms with E-state index in [4.69, 9.17) is 0 Å². The molecule has 0 aliphatic carbocycles. The first kappa shape index (κ1) is 14.1. The van der Waals surface area contributed by atoms with Gasteiger partial charge in [0, 0.05) is 11.6 Å². The Labute approximate surface area is 126 Å². The molecule has 6 heteroatoms. The average molecular weight is 296 g/mol. The number of rotatable bonds is 3. The maximum atomic E-state index is 11.8. The molecule has 0 fully saturated rings. The lowest BCUT2D eigenvalue weighted by Gasteiger charge is -2.04. The van der Waals surface area contributed by atoms with Crippen molar-refractivity contribution in [2.24, 2.45) is 10.2 Å². The molecule has 3 aromatic rings. The number of hydrogen-bond acceptors (Lipinski definition) is 3. The van der Waals surface area contributed by atoms with Crippen LogP contribution in [0.3, 0.4) is 0 Å². The van der Waals surface area contributed by atoms with Gasteiger partial charge in [-0.1, -0.05) is 19.9 Å². The van der Waals surface area contributed by atoms with Crippen LogP contribution in [0.1, 0.15) is 35.8 Å². The van der Waals surface area contributed by atoms with Crippen LogP contribution in [-0.4, -0.2) is 21.0 Å². The number of carbonyl (C=O) groups is 1. The van der Waals surface area contributed by atoms with Gasteiger partial charge >= 0.3 is 5.91 Å². The molecule has 0 radical (unpaired) electrons. The first-order valence-corrected chi connectivity index (χ1v) is 7.00. The first-order chi connectivity index (χ1) is 10.6. The highest BCUT2D eigenvalue weighted by molar-refractivity contribution is 5.96. The van der Waals surface area contributed by atoms with E-state index >= 15 is 0 Å². The normalized spacial score (nSPS) is 11.8. The highest BCUT2D eigenvalue weighted by atomic mass is 16.3. The van der Waals surface area contributed by atoms with E-state index < -0.39 is 5.91 Å². The maximum Gasteiger partial charge on any atom is 0.311 e. The van der Waals surface area contributed by atoms with E-state index in [-0.39, 0.29) is 11.6 Å². The summed E-state index contributed by atoms with van der Waals surface area (Å²) in [5.74, 6) is -0.232. The summed E-state index contributed by atoms with van der Waals surface area (Å²) >= 11 is 0. The van der Waals surface area contributed by atoms with Gasteiger partial charge in [0.15, 0.2) is 5.69 Å². The molecule has 0 saturated heterocycles. The molecule has 2 aromatic heterocycles. The van der Waals surface area contributed by atoms with Crippen LogP contribution in [0.2, 0.25) is 0 Å². The quantitative estimate of drug-likeness (QED) is 0.630. The Morgan fingerprint density at radius 3 is 2.77 bits per heavy atom. The Morgan fingerprint density at radius 2 is 2.09 bits per heavy atom. The van der Waals surface area contributed by atoms with Crippen LogP contribution in [-0.2, 0) is 0 Å². The monoisotopic (exact) mass is 296 g/mol.